The van der Waals surface area contributed by atoms with Crippen molar-refractivity contribution < 1.29 is 19.0 Å². The molecule has 2 fully saturated rings. The summed E-state index contributed by atoms with van der Waals surface area (Å²) in [7, 11) is 0. The van der Waals surface area contributed by atoms with E-state index in [9.17, 15) is 4.79 Å². The van der Waals surface area contributed by atoms with E-state index in [4.69, 9.17) is 24.2 Å². The van der Waals surface area contributed by atoms with Crippen LogP contribution in [-0.4, -0.2) is 98.0 Å². The lowest BCUT2D eigenvalue weighted by atomic mass is 10.2. The zero-order valence-corrected chi connectivity index (χ0v) is 19.8. The van der Waals surface area contributed by atoms with Crippen LogP contribution in [0.15, 0.2) is 0 Å². The molecular weight excluding hydrogens is 430 g/mol. The average molecular weight is 464 g/mol. The van der Waals surface area contributed by atoms with E-state index < -0.39 is 0 Å². The number of aromatic nitrogens is 2. The average Bonchev–Trinajstić information content (AvgIpc) is 3.15. The Bertz CT molecular complexity index is 909. The fourth-order valence-corrected chi connectivity index (χ4v) is 5.16. The van der Waals surface area contributed by atoms with Gasteiger partial charge in [0.25, 0.3) is 0 Å². The highest BCUT2D eigenvalue weighted by Gasteiger charge is 2.22. The summed E-state index contributed by atoms with van der Waals surface area (Å²) in [4.78, 5) is 28.3. The Kier molecular flexibility index (Phi) is 8.26. The van der Waals surface area contributed by atoms with Crippen molar-refractivity contribution >= 4 is 33.3 Å². The van der Waals surface area contributed by atoms with Gasteiger partial charge in [0.2, 0.25) is 0 Å². The number of thiophene rings is 1. The maximum absolute atomic E-state index is 12.5. The lowest BCUT2D eigenvalue weighted by Gasteiger charge is -2.26. The van der Waals surface area contributed by atoms with Crippen molar-refractivity contribution in [1.29, 1.82) is 0 Å². The first-order chi connectivity index (χ1) is 15.7. The monoisotopic (exact) mass is 463 g/mol. The molecule has 0 aliphatic carbocycles. The van der Waals surface area contributed by atoms with Gasteiger partial charge in [0.1, 0.15) is 21.3 Å². The molecule has 0 atom stereocenters. The number of carbonyl (C=O) groups is 1. The third-order valence-corrected chi connectivity index (χ3v) is 6.98. The highest BCUT2D eigenvalue weighted by atomic mass is 32.1. The van der Waals surface area contributed by atoms with Crippen molar-refractivity contribution in [3.63, 3.8) is 0 Å². The molecule has 0 amide bonds. The van der Waals surface area contributed by atoms with Crippen LogP contribution in [-0.2, 0) is 20.8 Å². The number of morpholine rings is 2. The molecule has 4 heterocycles. The lowest BCUT2D eigenvalue weighted by Crippen LogP contribution is -2.37. The second kappa shape index (κ2) is 11.3. The van der Waals surface area contributed by atoms with E-state index in [0.717, 1.165) is 99.5 Å². The minimum Gasteiger partial charge on any atom is -0.462 e. The summed E-state index contributed by atoms with van der Waals surface area (Å²) < 4.78 is 16.1. The molecule has 0 radical (unpaired) electrons. The first-order valence-electron chi connectivity index (χ1n) is 11.5. The topological polar surface area (TPSA) is 89.0 Å². The molecule has 2 aliphatic heterocycles. The SMILES string of the molecule is CCOC(=O)c1sc2nc(CN3CCOCC3)nc(NCCCN3CCOCC3)c2c1C. The number of esters is 1. The van der Waals surface area contributed by atoms with Crippen molar-refractivity contribution in [2.75, 3.05) is 77.6 Å². The zero-order chi connectivity index (χ0) is 22.3. The fraction of sp³-hybridized carbons (Fsp3) is 0.682. The van der Waals surface area contributed by atoms with Gasteiger partial charge in [-0.2, -0.15) is 0 Å². The molecule has 1 N–H and O–H groups in total. The molecule has 2 aromatic heterocycles. The Hall–Kier alpha value is -1.85. The predicted octanol–water partition coefficient (Wildman–Crippen LogP) is 2.14. The second-order valence-corrected chi connectivity index (χ2v) is 9.07. The van der Waals surface area contributed by atoms with Crippen molar-refractivity contribution in [2.45, 2.75) is 26.8 Å². The maximum atomic E-state index is 12.5. The van der Waals surface area contributed by atoms with Crippen LogP contribution in [0.2, 0.25) is 0 Å². The van der Waals surface area contributed by atoms with Gasteiger partial charge in [-0.05, 0) is 32.4 Å². The molecule has 9 nitrogen and oxygen atoms in total. The van der Waals surface area contributed by atoms with Gasteiger partial charge in [-0.1, -0.05) is 0 Å². The van der Waals surface area contributed by atoms with E-state index in [1.807, 2.05) is 13.8 Å². The van der Waals surface area contributed by atoms with E-state index in [1.165, 1.54) is 11.3 Å². The molecular formula is C22H33N5O4S. The molecule has 0 saturated carbocycles. The predicted molar refractivity (Wildman–Crippen MR) is 125 cm³/mol. The summed E-state index contributed by atoms with van der Waals surface area (Å²) >= 11 is 1.39. The van der Waals surface area contributed by atoms with Crippen LogP contribution < -0.4 is 5.32 Å². The van der Waals surface area contributed by atoms with Gasteiger partial charge >= 0.3 is 5.97 Å². The van der Waals surface area contributed by atoms with Gasteiger partial charge < -0.3 is 19.5 Å². The number of carbonyl (C=O) groups excluding carboxylic acids is 1. The molecule has 0 aromatic carbocycles. The summed E-state index contributed by atoms with van der Waals surface area (Å²) in [6.45, 7) is 13.5. The Morgan fingerprint density at radius 2 is 1.78 bits per heavy atom. The van der Waals surface area contributed by atoms with Gasteiger partial charge in [-0.15, -0.1) is 11.3 Å². The van der Waals surface area contributed by atoms with Crippen LogP contribution in [0.3, 0.4) is 0 Å². The molecule has 0 bridgehead atoms. The summed E-state index contributed by atoms with van der Waals surface area (Å²) in [5, 5.41) is 4.46. The molecule has 176 valence electrons. The number of nitrogens with one attached hydrogen (secondary N) is 1. The molecule has 2 aromatic rings. The van der Waals surface area contributed by atoms with E-state index >= 15 is 0 Å². The van der Waals surface area contributed by atoms with Gasteiger partial charge in [0.05, 0.1) is 45.0 Å². The molecule has 2 aliphatic rings. The first-order valence-corrected chi connectivity index (χ1v) is 12.3. The number of aryl methyl sites for hydroxylation is 1. The molecule has 32 heavy (non-hydrogen) atoms. The fourth-order valence-electron chi connectivity index (χ4n) is 4.07. The van der Waals surface area contributed by atoms with Crippen molar-refractivity contribution in [3.05, 3.63) is 16.3 Å². The summed E-state index contributed by atoms with van der Waals surface area (Å²) in [6, 6.07) is 0. The number of fused-ring (bicyclic) bond motifs is 1. The number of hydrogen-bond acceptors (Lipinski definition) is 10. The summed E-state index contributed by atoms with van der Waals surface area (Å²) in [6.07, 6.45) is 1.01. The van der Waals surface area contributed by atoms with Crippen LogP contribution in [0.25, 0.3) is 10.2 Å². The van der Waals surface area contributed by atoms with E-state index in [-0.39, 0.29) is 5.97 Å². The van der Waals surface area contributed by atoms with Gasteiger partial charge in [-0.25, -0.2) is 14.8 Å². The van der Waals surface area contributed by atoms with Crippen molar-refractivity contribution in [2.24, 2.45) is 0 Å². The first kappa shape index (κ1) is 23.3. The largest absolute Gasteiger partial charge is 0.462 e. The molecule has 4 rings (SSSR count). The number of rotatable bonds is 9. The second-order valence-electron chi connectivity index (χ2n) is 8.07. The minimum atomic E-state index is -0.291. The summed E-state index contributed by atoms with van der Waals surface area (Å²) in [5.74, 6) is 1.29. The third-order valence-electron chi connectivity index (χ3n) is 5.81. The molecule has 10 heteroatoms. The third kappa shape index (κ3) is 5.74. The van der Waals surface area contributed by atoms with Crippen LogP contribution in [0.1, 0.15) is 34.4 Å². The van der Waals surface area contributed by atoms with Crippen LogP contribution >= 0.6 is 11.3 Å². The van der Waals surface area contributed by atoms with E-state index in [2.05, 4.69) is 15.1 Å². The van der Waals surface area contributed by atoms with Crippen LogP contribution in [0, 0.1) is 6.92 Å². The molecule has 0 unspecified atom stereocenters. The lowest BCUT2D eigenvalue weighted by molar-refractivity contribution is 0.0331. The number of hydrogen-bond donors (Lipinski definition) is 1. The molecule has 2 saturated heterocycles. The van der Waals surface area contributed by atoms with Gasteiger partial charge in [0, 0.05) is 32.7 Å². The van der Waals surface area contributed by atoms with Crippen molar-refractivity contribution in [3.8, 4) is 0 Å². The normalized spacial score (nSPS) is 18.2. The van der Waals surface area contributed by atoms with Crippen LogP contribution in [0.4, 0.5) is 5.82 Å². The Labute approximate surface area is 193 Å². The summed E-state index contributed by atoms with van der Waals surface area (Å²) in [5.41, 5.74) is 0.886. The number of nitrogens with zero attached hydrogens (tertiary/aromatic N) is 4. The van der Waals surface area contributed by atoms with E-state index in [0.29, 0.717) is 18.0 Å². The zero-order valence-electron chi connectivity index (χ0n) is 19.0. The number of anilines is 1. The molecule has 0 spiro atoms. The minimum absolute atomic E-state index is 0.291. The standard InChI is InChI=1S/C22H33N5O4S/c1-3-31-22(28)19-16(2)18-20(23-5-4-6-26-7-11-29-12-8-26)24-17(25-21(18)32-19)15-27-9-13-30-14-10-27/h3-15H2,1-2H3,(H,23,24,25). The quantitative estimate of drug-likeness (QED) is 0.444. The Morgan fingerprint density at radius 1 is 1.09 bits per heavy atom. The van der Waals surface area contributed by atoms with E-state index in [1.54, 1.807) is 0 Å². The van der Waals surface area contributed by atoms with Crippen molar-refractivity contribution in [1.82, 2.24) is 19.8 Å². The maximum Gasteiger partial charge on any atom is 0.348 e. The highest BCUT2D eigenvalue weighted by Crippen LogP contribution is 2.34. The van der Waals surface area contributed by atoms with Gasteiger partial charge in [-0.3, -0.25) is 9.80 Å². The highest BCUT2D eigenvalue weighted by molar-refractivity contribution is 7.20. The Balaban J connectivity index is 1.52. The van der Waals surface area contributed by atoms with Crippen LogP contribution in [0.5, 0.6) is 0 Å². The van der Waals surface area contributed by atoms with Gasteiger partial charge in [0.15, 0.2) is 0 Å². The smallest absolute Gasteiger partial charge is 0.348 e. The Morgan fingerprint density at radius 3 is 2.47 bits per heavy atom. The number of ether oxygens (including phenoxy) is 3.